The van der Waals surface area contributed by atoms with Gasteiger partial charge in [0.25, 0.3) is 5.91 Å². The summed E-state index contributed by atoms with van der Waals surface area (Å²) in [6, 6.07) is 12.3. The quantitative estimate of drug-likeness (QED) is 0.611. The molecule has 0 saturated heterocycles. The van der Waals surface area contributed by atoms with Crippen molar-refractivity contribution in [2.45, 2.75) is 20.8 Å². The van der Waals surface area contributed by atoms with Gasteiger partial charge >= 0.3 is 0 Å². The van der Waals surface area contributed by atoms with Crippen molar-refractivity contribution in [1.29, 1.82) is 0 Å². The van der Waals surface area contributed by atoms with Crippen molar-refractivity contribution in [3.05, 3.63) is 53.7 Å². The molecule has 0 aliphatic carbocycles. The SMILES string of the molecule is COc1ccc(/C=C(\NC(C)=O)C(=O)Nc2ccc(OCC(C)C)cc2)cc1OC. The molecule has 2 rings (SSSR count). The number of nitrogens with one attached hydrogen (secondary N) is 2. The molecule has 0 unspecified atom stereocenters. The second-order valence-corrected chi connectivity index (χ2v) is 7.04. The normalized spacial score (nSPS) is 11.1. The number of carbonyl (C=O) groups excluding carboxylic acids is 2. The molecule has 0 radical (unpaired) electrons. The Kier molecular flexibility index (Phi) is 8.29. The minimum Gasteiger partial charge on any atom is -0.493 e. The number of hydrogen-bond acceptors (Lipinski definition) is 5. The number of methoxy groups -OCH3 is 2. The van der Waals surface area contributed by atoms with Crippen molar-refractivity contribution < 1.29 is 23.8 Å². The largest absolute Gasteiger partial charge is 0.493 e. The van der Waals surface area contributed by atoms with Gasteiger partial charge in [0, 0.05) is 12.6 Å². The predicted molar refractivity (Wildman–Crippen MR) is 117 cm³/mol. The van der Waals surface area contributed by atoms with Gasteiger partial charge in [-0.2, -0.15) is 0 Å². The highest BCUT2D eigenvalue weighted by molar-refractivity contribution is 6.08. The van der Waals surface area contributed by atoms with Crippen LogP contribution in [-0.4, -0.2) is 32.6 Å². The van der Waals surface area contributed by atoms with Crippen molar-refractivity contribution in [3.8, 4) is 17.2 Å². The number of benzene rings is 2. The number of anilines is 1. The van der Waals surface area contributed by atoms with Gasteiger partial charge < -0.3 is 24.8 Å². The summed E-state index contributed by atoms with van der Waals surface area (Å²) < 4.78 is 16.2. The molecule has 0 saturated carbocycles. The van der Waals surface area contributed by atoms with Crippen LogP contribution in [-0.2, 0) is 9.59 Å². The Morgan fingerprint density at radius 3 is 2.23 bits per heavy atom. The molecule has 0 atom stereocenters. The molecule has 2 N–H and O–H groups in total. The smallest absolute Gasteiger partial charge is 0.272 e. The van der Waals surface area contributed by atoms with Crippen LogP contribution in [0.1, 0.15) is 26.3 Å². The molecule has 0 aromatic heterocycles. The van der Waals surface area contributed by atoms with E-state index in [0.29, 0.717) is 35.3 Å². The lowest BCUT2D eigenvalue weighted by atomic mass is 10.1. The Morgan fingerprint density at radius 2 is 1.67 bits per heavy atom. The Labute approximate surface area is 177 Å². The summed E-state index contributed by atoms with van der Waals surface area (Å²) in [6.45, 7) is 6.11. The topological polar surface area (TPSA) is 85.9 Å². The number of amides is 2. The van der Waals surface area contributed by atoms with Gasteiger partial charge in [-0.3, -0.25) is 9.59 Å². The molecule has 0 fully saturated rings. The zero-order valence-corrected chi connectivity index (χ0v) is 17.9. The van der Waals surface area contributed by atoms with Crippen LogP contribution in [0, 0.1) is 5.92 Å². The lowest BCUT2D eigenvalue weighted by Gasteiger charge is -2.12. The first-order chi connectivity index (χ1) is 14.3. The maximum absolute atomic E-state index is 12.7. The van der Waals surface area contributed by atoms with Gasteiger partial charge in [0.2, 0.25) is 5.91 Å². The monoisotopic (exact) mass is 412 g/mol. The van der Waals surface area contributed by atoms with Crippen LogP contribution in [0.5, 0.6) is 17.2 Å². The third-order valence-corrected chi connectivity index (χ3v) is 3.97. The molecule has 0 aliphatic heterocycles. The third-order valence-electron chi connectivity index (χ3n) is 3.97. The molecule has 2 amide bonds. The summed E-state index contributed by atoms with van der Waals surface area (Å²) in [5.74, 6) is 1.44. The van der Waals surface area contributed by atoms with Gasteiger partial charge in [-0.1, -0.05) is 19.9 Å². The summed E-state index contributed by atoms with van der Waals surface area (Å²) in [4.78, 5) is 24.4. The molecule has 7 nitrogen and oxygen atoms in total. The number of rotatable bonds is 9. The number of ether oxygens (including phenoxy) is 3. The zero-order chi connectivity index (χ0) is 22.1. The lowest BCUT2D eigenvalue weighted by molar-refractivity contribution is -0.120. The van der Waals surface area contributed by atoms with Gasteiger partial charge in [-0.05, 0) is 54.0 Å². The van der Waals surface area contributed by atoms with Crippen LogP contribution in [0.3, 0.4) is 0 Å². The average molecular weight is 412 g/mol. The van der Waals surface area contributed by atoms with Gasteiger partial charge in [-0.15, -0.1) is 0 Å². The summed E-state index contributed by atoms with van der Waals surface area (Å²) in [5, 5.41) is 5.35. The minimum atomic E-state index is -0.448. The molecule has 30 heavy (non-hydrogen) atoms. The van der Waals surface area contributed by atoms with E-state index >= 15 is 0 Å². The molecular weight excluding hydrogens is 384 g/mol. The molecule has 160 valence electrons. The molecule has 0 spiro atoms. The van der Waals surface area contributed by atoms with Crippen molar-refractivity contribution in [3.63, 3.8) is 0 Å². The first kappa shape index (κ1) is 22.8. The molecule has 2 aromatic carbocycles. The Balaban J connectivity index is 2.19. The fourth-order valence-corrected chi connectivity index (χ4v) is 2.55. The van der Waals surface area contributed by atoms with Crippen LogP contribution < -0.4 is 24.8 Å². The summed E-state index contributed by atoms with van der Waals surface area (Å²) in [5.41, 5.74) is 1.36. The standard InChI is InChI=1S/C23H28N2O5/c1-15(2)14-30-19-9-7-18(8-10-19)25-23(27)20(24-16(3)26)12-17-6-11-21(28-4)22(13-17)29-5/h6-13,15H,14H2,1-5H3,(H,24,26)(H,25,27)/b20-12-. The van der Waals surface area contributed by atoms with Crippen molar-refractivity contribution in [2.75, 3.05) is 26.1 Å². The fraction of sp³-hybridized carbons (Fsp3) is 0.304. The molecule has 0 heterocycles. The second kappa shape index (κ2) is 10.9. The highest BCUT2D eigenvalue weighted by Crippen LogP contribution is 2.28. The first-order valence-electron chi connectivity index (χ1n) is 9.58. The van der Waals surface area contributed by atoms with Crippen LogP contribution in [0.25, 0.3) is 6.08 Å². The minimum absolute atomic E-state index is 0.106. The average Bonchev–Trinajstić information content (AvgIpc) is 2.72. The Bertz CT molecular complexity index is 904. The maximum Gasteiger partial charge on any atom is 0.272 e. The number of carbonyl (C=O) groups is 2. The fourth-order valence-electron chi connectivity index (χ4n) is 2.55. The van der Waals surface area contributed by atoms with E-state index in [0.717, 1.165) is 5.75 Å². The van der Waals surface area contributed by atoms with Crippen LogP contribution >= 0.6 is 0 Å². The van der Waals surface area contributed by atoms with E-state index in [4.69, 9.17) is 14.2 Å². The third kappa shape index (κ3) is 6.84. The highest BCUT2D eigenvalue weighted by atomic mass is 16.5. The zero-order valence-electron chi connectivity index (χ0n) is 17.9. The molecule has 0 bridgehead atoms. The molecule has 2 aromatic rings. The summed E-state index contributed by atoms with van der Waals surface area (Å²) in [7, 11) is 3.07. The van der Waals surface area contributed by atoms with Gasteiger partial charge in [0.1, 0.15) is 11.4 Å². The van der Waals surface area contributed by atoms with Gasteiger partial charge in [0.05, 0.1) is 20.8 Å². The van der Waals surface area contributed by atoms with E-state index in [1.807, 2.05) is 0 Å². The summed E-state index contributed by atoms with van der Waals surface area (Å²) in [6.07, 6.45) is 1.57. The van der Waals surface area contributed by atoms with Crippen molar-refractivity contribution in [2.24, 2.45) is 5.92 Å². The van der Waals surface area contributed by atoms with E-state index in [-0.39, 0.29) is 11.6 Å². The van der Waals surface area contributed by atoms with E-state index in [1.54, 1.807) is 55.7 Å². The number of hydrogen-bond donors (Lipinski definition) is 2. The maximum atomic E-state index is 12.7. The molecular formula is C23H28N2O5. The Morgan fingerprint density at radius 1 is 1.00 bits per heavy atom. The van der Waals surface area contributed by atoms with E-state index < -0.39 is 5.91 Å². The molecule has 0 aliphatic rings. The Hall–Kier alpha value is -3.48. The van der Waals surface area contributed by atoms with Gasteiger partial charge in [0.15, 0.2) is 11.5 Å². The highest BCUT2D eigenvalue weighted by Gasteiger charge is 2.13. The lowest BCUT2D eigenvalue weighted by Crippen LogP contribution is -2.28. The van der Waals surface area contributed by atoms with E-state index in [2.05, 4.69) is 24.5 Å². The second-order valence-electron chi connectivity index (χ2n) is 7.04. The first-order valence-corrected chi connectivity index (χ1v) is 9.58. The van der Waals surface area contributed by atoms with Gasteiger partial charge in [-0.25, -0.2) is 0 Å². The van der Waals surface area contributed by atoms with E-state index in [9.17, 15) is 9.59 Å². The van der Waals surface area contributed by atoms with Crippen LogP contribution in [0.15, 0.2) is 48.2 Å². The van der Waals surface area contributed by atoms with E-state index in [1.165, 1.54) is 14.0 Å². The molecule has 7 heteroatoms. The van der Waals surface area contributed by atoms with Crippen molar-refractivity contribution in [1.82, 2.24) is 5.32 Å². The van der Waals surface area contributed by atoms with Crippen LogP contribution in [0.4, 0.5) is 5.69 Å². The predicted octanol–water partition coefficient (Wildman–Crippen LogP) is 3.85. The van der Waals surface area contributed by atoms with Crippen LogP contribution in [0.2, 0.25) is 0 Å². The van der Waals surface area contributed by atoms with Crippen molar-refractivity contribution >= 4 is 23.6 Å². The summed E-state index contributed by atoms with van der Waals surface area (Å²) >= 11 is 0.